The Morgan fingerprint density at radius 3 is 2.85 bits per heavy atom. The zero-order chi connectivity index (χ0) is 32.9. The van der Waals surface area contributed by atoms with Crippen molar-refractivity contribution in [1.29, 1.82) is 0 Å². The maximum atomic E-state index is 14.8. The number of imidazole rings is 1. The number of benzene rings is 2. The Morgan fingerprint density at radius 2 is 2.02 bits per heavy atom. The average Bonchev–Trinajstić information content (AvgIpc) is 3.82. The third-order valence-electron chi connectivity index (χ3n) is 8.67. The standard InChI is InChI=1S/C35H38F2N6O3S/c1-3-4-14-46-35(45)25-7-5-6-23(15-25)20-41-13-12-24(21-41)18-39-34(44)30-19-38-32-10-11-33(40-43(30)32)42-22-27(37)17-29(42)28-16-26(36)8-9-31(28)47-2/h5-11,15-16,18-19,24,27,29H,3-4,12-14,17,20-22H2,1-2H3/t24?,27-,29+/m0/s1. The number of ether oxygens (including phenoxy) is 1. The SMILES string of the molecule is CCCCOC(=O)c1cccc(CN2CCC(C=NC(=O)c3cnc4ccc(N5C[C@@H](F)C[C@@H]5c5cc(F)ccc5SC)nn34)C2)c1. The first-order chi connectivity index (χ1) is 22.8. The zero-order valence-electron chi connectivity index (χ0n) is 26.5. The molecule has 12 heteroatoms. The minimum atomic E-state index is -1.11. The van der Waals surface area contributed by atoms with Crippen molar-refractivity contribution >= 4 is 41.3 Å². The Labute approximate surface area is 277 Å². The van der Waals surface area contributed by atoms with Crippen LogP contribution in [-0.4, -0.2) is 76.3 Å². The number of aliphatic imine (C=N–C) groups is 1. The van der Waals surface area contributed by atoms with Crippen LogP contribution in [0.25, 0.3) is 5.65 Å². The largest absolute Gasteiger partial charge is 0.462 e. The second-order valence-electron chi connectivity index (χ2n) is 12.0. The summed E-state index contributed by atoms with van der Waals surface area (Å²) in [5.41, 5.74) is 2.97. The van der Waals surface area contributed by atoms with E-state index in [1.807, 2.05) is 29.4 Å². The molecule has 0 spiro atoms. The summed E-state index contributed by atoms with van der Waals surface area (Å²) in [4.78, 5) is 39.2. The number of carbonyl (C=O) groups excluding carboxylic acids is 2. The second-order valence-corrected chi connectivity index (χ2v) is 12.9. The third-order valence-corrected chi connectivity index (χ3v) is 9.49. The van der Waals surface area contributed by atoms with E-state index in [1.165, 1.54) is 34.6 Å². The quantitative estimate of drug-likeness (QED) is 0.0773. The Morgan fingerprint density at radius 1 is 1.15 bits per heavy atom. The van der Waals surface area contributed by atoms with Crippen LogP contribution >= 0.6 is 11.8 Å². The lowest BCUT2D eigenvalue weighted by Gasteiger charge is -2.27. The molecule has 0 N–H and O–H groups in total. The molecule has 47 heavy (non-hydrogen) atoms. The molecule has 2 fully saturated rings. The minimum absolute atomic E-state index is 0.0904. The van der Waals surface area contributed by atoms with E-state index in [9.17, 15) is 18.4 Å². The molecule has 9 nitrogen and oxygen atoms in total. The predicted molar refractivity (Wildman–Crippen MR) is 179 cm³/mol. The van der Waals surface area contributed by atoms with Crippen LogP contribution in [-0.2, 0) is 11.3 Å². The van der Waals surface area contributed by atoms with Crippen LogP contribution in [0.5, 0.6) is 0 Å². The van der Waals surface area contributed by atoms with Gasteiger partial charge < -0.3 is 9.64 Å². The maximum Gasteiger partial charge on any atom is 0.338 e. The number of aromatic nitrogens is 3. The van der Waals surface area contributed by atoms with Gasteiger partial charge in [-0.2, -0.15) is 0 Å². The summed E-state index contributed by atoms with van der Waals surface area (Å²) in [5, 5.41) is 4.68. The molecule has 2 aromatic carbocycles. The maximum absolute atomic E-state index is 14.8. The van der Waals surface area contributed by atoms with Crippen molar-refractivity contribution < 1.29 is 23.1 Å². The molecule has 0 bridgehead atoms. The van der Waals surface area contributed by atoms with Crippen LogP contribution in [0.4, 0.5) is 14.6 Å². The van der Waals surface area contributed by atoms with Crippen LogP contribution in [0.15, 0.2) is 70.7 Å². The van der Waals surface area contributed by atoms with Gasteiger partial charge in [-0.3, -0.25) is 9.69 Å². The summed E-state index contributed by atoms with van der Waals surface area (Å²) in [6, 6.07) is 15.2. The van der Waals surface area contributed by atoms with Gasteiger partial charge in [-0.1, -0.05) is 25.5 Å². The molecule has 4 aromatic rings. The smallest absolute Gasteiger partial charge is 0.338 e. The number of amides is 1. The highest BCUT2D eigenvalue weighted by Gasteiger charge is 2.36. The summed E-state index contributed by atoms with van der Waals surface area (Å²) in [5.74, 6) is -0.580. The highest BCUT2D eigenvalue weighted by atomic mass is 32.2. The molecule has 2 aliphatic heterocycles. The molecule has 1 amide bonds. The van der Waals surface area contributed by atoms with Crippen LogP contribution in [0.1, 0.15) is 70.6 Å². The zero-order valence-corrected chi connectivity index (χ0v) is 27.3. The Balaban J connectivity index is 1.12. The molecular formula is C35H38F2N6O3S. The van der Waals surface area contributed by atoms with Gasteiger partial charge in [-0.05, 0) is 79.2 Å². The number of hydrogen-bond acceptors (Lipinski definition) is 8. The normalized spacial score (nSPS) is 20.1. The molecule has 0 radical (unpaired) electrons. The topological polar surface area (TPSA) is 92.4 Å². The first-order valence-electron chi connectivity index (χ1n) is 16.0. The average molecular weight is 661 g/mol. The van der Waals surface area contributed by atoms with Gasteiger partial charge in [0.05, 0.1) is 31.0 Å². The fraction of sp³-hybridized carbons (Fsp3) is 0.400. The number of unbranched alkanes of at least 4 members (excludes halogenated alkanes) is 1. The van der Waals surface area contributed by atoms with Gasteiger partial charge in [0.15, 0.2) is 11.3 Å². The van der Waals surface area contributed by atoms with Gasteiger partial charge in [0.2, 0.25) is 0 Å². The number of esters is 1. The monoisotopic (exact) mass is 660 g/mol. The molecule has 3 atom stereocenters. The van der Waals surface area contributed by atoms with Gasteiger partial charge in [0.1, 0.15) is 17.8 Å². The van der Waals surface area contributed by atoms with E-state index in [0.29, 0.717) is 35.7 Å². The van der Waals surface area contributed by atoms with Gasteiger partial charge >= 0.3 is 5.97 Å². The van der Waals surface area contributed by atoms with Gasteiger partial charge in [0, 0.05) is 36.5 Å². The van der Waals surface area contributed by atoms with Gasteiger partial charge in [-0.25, -0.2) is 28.1 Å². The number of halogens is 2. The highest BCUT2D eigenvalue weighted by Crippen LogP contribution is 2.40. The number of rotatable bonds is 11. The van der Waals surface area contributed by atoms with Crippen molar-refractivity contribution in [3.63, 3.8) is 0 Å². The number of nitrogens with zero attached hydrogens (tertiary/aromatic N) is 6. The van der Waals surface area contributed by atoms with Crippen molar-refractivity contribution in [3.8, 4) is 0 Å². The molecule has 6 rings (SSSR count). The van der Waals surface area contributed by atoms with Crippen LogP contribution in [0, 0.1) is 11.7 Å². The number of likely N-dealkylation sites (tertiary alicyclic amines) is 1. The fourth-order valence-corrected chi connectivity index (χ4v) is 6.91. The summed E-state index contributed by atoms with van der Waals surface area (Å²) < 4.78 is 35.8. The van der Waals surface area contributed by atoms with Crippen LogP contribution < -0.4 is 4.90 Å². The van der Waals surface area contributed by atoms with E-state index in [-0.39, 0.29) is 36.4 Å². The third kappa shape index (κ3) is 7.54. The van der Waals surface area contributed by atoms with Gasteiger partial charge in [-0.15, -0.1) is 16.9 Å². The Hall–Kier alpha value is -4.16. The molecule has 1 unspecified atom stereocenters. The van der Waals surface area contributed by atoms with Crippen molar-refractivity contribution in [3.05, 3.63) is 89.0 Å². The molecule has 0 aliphatic carbocycles. The molecule has 0 saturated carbocycles. The van der Waals surface area contributed by atoms with E-state index >= 15 is 0 Å². The number of fused-ring (bicyclic) bond motifs is 1. The highest BCUT2D eigenvalue weighted by molar-refractivity contribution is 7.98. The molecule has 2 aliphatic rings. The first-order valence-corrected chi connectivity index (χ1v) is 17.2. The number of thioether (sulfide) groups is 1. The molecule has 2 aromatic heterocycles. The Kier molecular flexibility index (Phi) is 10.3. The fourth-order valence-electron chi connectivity index (χ4n) is 6.28. The van der Waals surface area contributed by atoms with E-state index in [1.54, 1.807) is 30.5 Å². The van der Waals surface area contributed by atoms with E-state index in [0.717, 1.165) is 42.8 Å². The number of carbonyl (C=O) groups is 2. The number of alkyl halides is 1. The van der Waals surface area contributed by atoms with E-state index in [4.69, 9.17) is 4.74 Å². The van der Waals surface area contributed by atoms with Crippen molar-refractivity contribution in [2.24, 2.45) is 10.9 Å². The number of anilines is 1. The lowest BCUT2D eigenvalue weighted by atomic mass is 10.0. The van der Waals surface area contributed by atoms with Gasteiger partial charge in [0.25, 0.3) is 5.91 Å². The number of hydrogen-bond donors (Lipinski definition) is 0. The van der Waals surface area contributed by atoms with E-state index in [2.05, 4.69) is 26.9 Å². The van der Waals surface area contributed by atoms with Crippen molar-refractivity contribution in [2.45, 2.75) is 56.3 Å². The first kappa shape index (κ1) is 32.8. The molecule has 4 heterocycles. The van der Waals surface area contributed by atoms with E-state index < -0.39 is 18.1 Å². The summed E-state index contributed by atoms with van der Waals surface area (Å²) in [6.07, 6.45) is 6.83. The Bertz CT molecular complexity index is 1780. The molecule has 246 valence electrons. The summed E-state index contributed by atoms with van der Waals surface area (Å²) in [6.45, 7) is 4.83. The van der Waals surface area contributed by atoms with Crippen molar-refractivity contribution in [2.75, 3.05) is 37.4 Å². The minimum Gasteiger partial charge on any atom is -0.462 e. The van der Waals surface area contributed by atoms with Crippen LogP contribution in [0.3, 0.4) is 0 Å². The van der Waals surface area contributed by atoms with Crippen LogP contribution in [0.2, 0.25) is 0 Å². The second kappa shape index (κ2) is 14.7. The summed E-state index contributed by atoms with van der Waals surface area (Å²) in [7, 11) is 0. The summed E-state index contributed by atoms with van der Waals surface area (Å²) >= 11 is 1.49. The predicted octanol–water partition coefficient (Wildman–Crippen LogP) is 6.57. The molecular weight excluding hydrogens is 622 g/mol. The molecule has 2 saturated heterocycles. The van der Waals surface area contributed by atoms with Crippen molar-refractivity contribution in [1.82, 2.24) is 19.5 Å². The lowest BCUT2D eigenvalue weighted by molar-refractivity contribution is 0.0499. The lowest BCUT2D eigenvalue weighted by Crippen LogP contribution is -2.26.